The molecule has 0 radical (unpaired) electrons. The molecule has 3 rings (SSSR count). The van der Waals surface area contributed by atoms with Gasteiger partial charge in [0.2, 0.25) is 5.91 Å². The van der Waals surface area contributed by atoms with E-state index in [9.17, 15) is 4.79 Å². The summed E-state index contributed by atoms with van der Waals surface area (Å²) in [5.74, 6) is 0.153. The molecule has 1 aromatic carbocycles. The number of rotatable bonds is 2. The van der Waals surface area contributed by atoms with Gasteiger partial charge < -0.3 is 4.90 Å². The average Bonchev–Trinajstić information content (AvgIpc) is 2.85. The van der Waals surface area contributed by atoms with E-state index in [1.807, 2.05) is 41.3 Å². The number of aromatic nitrogens is 1. The van der Waals surface area contributed by atoms with Crippen molar-refractivity contribution in [1.29, 1.82) is 0 Å². The van der Waals surface area contributed by atoms with Crippen LogP contribution in [0.2, 0.25) is 0 Å². The lowest BCUT2D eigenvalue weighted by Crippen LogP contribution is -2.26. The van der Waals surface area contributed by atoms with Crippen molar-refractivity contribution >= 4 is 21.8 Å². The fourth-order valence-electron chi connectivity index (χ4n) is 2.26. The SMILES string of the molecule is O=C(Cc1ccc(Br)cc1)N1Cc2cccnc2C1. The highest BCUT2D eigenvalue weighted by molar-refractivity contribution is 9.10. The van der Waals surface area contributed by atoms with Gasteiger partial charge in [-0.1, -0.05) is 34.1 Å². The molecule has 1 aromatic heterocycles. The second-order valence-electron chi connectivity index (χ2n) is 4.66. The molecule has 4 heteroatoms. The number of hydrogen-bond donors (Lipinski definition) is 0. The monoisotopic (exact) mass is 316 g/mol. The standard InChI is InChI=1S/C15H13BrN2O/c16-13-5-3-11(4-6-13)8-15(19)18-9-12-2-1-7-17-14(12)10-18/h1-7H,8-10H2. The number of benzene rings is 1. The van der Waals surface area contributed by atoms with Crippen molar-refractivity contribution in [2.45, 2.75) is 19.5 Å². The summed E-state index contributed by atoms with van der Waals surface area (Å²) in [6.07, 6.45) is 2.23. The highest BCUT2D eigenvalue weighted by Gasteiger charge is 2.23. The molecule has 2 aromatic rings. The van der Waals surface area contributed by atoms with Crippen LogP contribution in [0.4, 0.5) is 0 Å². The zero-order chi connectivity index (χ0) is 13.2. The maximum absolute atomic E-state index is 12.3. The van der Waals surface area contributed by atoms with Crippen LogP contribution in [0, 0.1) is 0 Å². The van der Waals surface area contributed by atoms with E-state index in [0.717, 1.165) is 21.3 Å². The first-order valence-corrected chi connectivity index (χ1v) is 6.96. The van der Waals surface area contributed by atoms with Crippen LogP contribution in [-0.4, -0.2) is 15.8 Å². The molecule has 0 N–H and O–H groups in total. The van der Waals surface area contributed by atoms with Gasteiger partial charge in [-0.05, 0) is 29.3 Å². The summed E-state index contributed by atoms with van der Waals surface area (Å²) < 4.78 is 1.03. The summed E-state index contributed by atoms with van der Waals surface area (Å²) in [5.41, 5.74) is 3.22. The Morgan fingerprint density at radius 2 is 2.00 bits per heavy atom. The Bertz CT molecular complexity index is 585. The molecule has 0 bridgehead atoms. The van der Waals surface area contributed by atoms with Gasteiger partial charge in [0.1, 0.15) is 0 Å². The van der Waals surface area contributed by atoms with Gasteiger partial charge in [-0.15, -0.1) is 0 Å². The topological polar surface area (TPSA) is 33.2 Å². The Kier molecular flexibility index (Phi) is 3.34. The molecule has 0 aliphatic carbocycles. The minimum absolute atomic E-state index is 0.153. The summed E-state index contributed by atoms with van der Waals surface area (Å²) in [6, 6.07) is 11.8. The largest absolute Gasteiger partial charge is 0.332 e. The third-order valence-electron chi connectivity index (χ3n) is 3.31. The molecule has 0 unspecified atom stereocenters. The molecule has 1 aliphatic rings. The van der Waals surface area contributed by atoms with Gasteiger partial charge in [-0.25, -0.2) is 0 Å². The summed E-state index contributed by atoms with van der Waals surface area (Å²) in [4.78, 5) is 18.4. The van der Waals surface area contributed by atoms with E-state index in [1.165, 1.54) is 0 Å². The van der Waals surface area contributed by atoms with E-state index in [4.69, 9.17) is 0 Å². The molecule has 0 saturated heterocycles. The number of halogens is 1. The summed E-state index contributed by atoms with van der Waals surface area (Å²) in [7, 11) is 0. The predicted octanol–water partition coefficient (Wildman–Crippen LogP) is 2.93. The van der Waals surface area contributed by atoms with E-state index in [-0.39, 0.29) is 5.91 Å². The molecule has 2 heterocycles. The van der Waals surface area contributed by atoms with Gasteiger partial charge in [0.15, 0.2) is 0 Å². The molecule has 0 spiro atoms. The zero-order valence-corrected chi connectivity index (χ0v) is 11.9. The maximum atomic E-state index is 12.3. The summed E-state index contributed by atoms with van der Waals surface area (Å²) >= 11 is 3.39. The molecule has 0 atom stereocenters. The third kappa shape index (κ3) is 2.68. The lowest BCUT2D eigenvalue weighted by molar-refractivity contribution is -0.131. The van der Waals surface area contributed by atoms with E-state index >= 15 is 0 Å². The number of carbonyl (C=O) groups is 1. The highest BCUT2D eigenvalue weighted by Crippen LogP contribution is 2.21. The molecule has 0 saturated carbocycles. The van der Waals surface area contributed by atoms with Crippen LogP contribution in [0.3, 0.4) is 0 Å². The zero-order valence-electron chi connectivity index (χ0n) is 10.3. The smallest absolute Gasteiger partial charge is 0.227 e. The van der Waals surface area contributed by atoms with Gasteiger partial charge in [0.05, 0.1) is 18.7 Å². The fraction of sp³-hybridized carbons (Fsp3) is 0.200. The fourth-order valence-corrected chi connectivity index (χ4v) is 2.53. The number of pyridine rings is 1. The Morgan fingerprint density at radius 1 is 1.21 bits per heavy atom. The van der Waals surface area contributed by atoms with Gasteiger partial charge in [-0.3, -0.25) is 9.78 Å². The second kappa shape index (κ2) is 5.13. The molecule has 96 valence electrons. The first-order valence-electron chi connectivity index (χ1n) is 6.17. The number of carbonyl (C=O) groups excluding carboxylic acids is 1. The molecular weight excluding hydrogens is 304 g/mol. The molecule has 19 heavy (non-hydrogen) atoms. The van der Waals surface area contributed by atoms with E-state index < -0.39 is 0 Å². The van der Waals surface area contributed by atoms with E-state index in [2.05, 4.69) is 20.9 Å². The maximum Gasteiger partial charge on any atom is 0.227 e. The lowest BCUT2D eigenvalue weighted by atomic mass is 10.1. The Hall–Kier alpha value is -1.68. The third-order valence-corrected chi connectivity index (χ3v) is 3.84. The minimum atomic E-state index is 0.153. The van der Waals surface area contributed by atoms with Crippen molar-refractivity contribution in [2.24, 2.45) is 0 Å². The quantitative estimate of drug-likeness (QED) is 0.853. The van der Waals surface area contributed by atoms with Crippen LogP contribution in [0.5, 0.6) is 0 Å². The Balaban J connectivity index is 1.68. The molecular formula is C15H13BrN2O. The van der Waals surface area contributed by atoms with E-state index in [0.29, 0.717) is 19.5 Å². The normalized spacial score (nSPS) is 13.4. The van der Waals surface area contributed by atoms with Crippen LogP contribution in [0.1, 0.15) is 16.8 Å². The highest BCUT2D eigenvalue weighted by atomic mass is 79.9. The predicted molar refractivity (Wildman–Crippen MR) is 76.3 cm³/mol. The second-order valence-corrected chi connectivity index (χ2v) is 5.58. The first kappa shape index (κ1) is 12.4. The lowest BCUT2D eigenvalue weighted by Gasteiger charge is -2.15. The number of amides is 1. The van der Waals surface area contributed by atoms with Gasteiger partial charge in [0.25, 0.3) is 0 Å². The average molecular weight is 317 g/mol. The Morgan fingerprint density at radius 3 is 2.74 bits per heavy atom. The minimum Gasteiger partial charge on any atom is -0.332 e. The van der Waals surface area contributed by atoms with Crippen molar-refractivity contribution in [1.82, 2.24) is 9.88 Å². The first-order chi connectivity index (χ1) is 9.22. The molecule has 0 fully saturated rings. The van der Waals surface area contributed by atoms with Crippen molar-refractivity contribution in [3.8, 4) is 0 Å². The molecule has 1 aliphatic heterocycles. The summed E-state index contributed by atoms with van der Waals surface area (Å²) in [6.45, 7) is 1.31. The van der Waals surface area contributed by atoms with Crippen molar-refractivity contribution in [3.05, 3.63) is 63.9 Å². The van der Waals surface area contributed by atoms with Crippen molar-refractivity contribution in [2.75, 3.05) is 0 Å². The molecule has 3 nitrogen and oxygen atoms in total. The number of fused-ring (bicyclic) bond motifs is 1. The van der Waals surface area contributed by atoms with E-state index in [1.54, 1.807) is 6.20 Å². The van der Waals surface area contributed by atoms with Crippen LogP contribution in [-0.2, 0) is 24.3 Å². The van der Waals surface area contributed by atoms with Gasteiger partial charge >= 0.3 is 0 Å². The van der Waals surface area contributed by atoms with Crippen LogP contribution in [0.15, 0.2) is 47.1 Å². The number of nitrogens with zero attached hydrogens (tertiary/aromatic N) is 2. The van der Waals surface area contributed by atoms with Crippen LogP contribution < -0.4 is 0 Å². The summed E-state index contributed by atoms with van der Waals surface area (Å²) in [5, 5.41) is 0. The molecule has 1 amide bonds. The van der Waals surface area contributed by atoms with Crippen molar-refractivity contribution in [3.63, 3.8) is 0 Å². The van der Waals surface area contributed by atoms with Gasteiger partial charge in [0, 0.05) is 17.2 Å². The van der Waals surface area contributed by atoms with Crippen LogP contribution >= 0.6 is 15.9 Å². The van der Waals surface area contributed by atoms with Gasteiger partial charge in [-0.2, -0.15) is 0 Å². The van der Waals surface area contributed by atoms with Crippen LogP contribution in [0.25, 0.3) is 0 Å². The Labute approximate surface area is 120 Å². The van der Waals surface area contributed by atoms with Crippen molar-refractivity contribution < 1.29 is 4.79 Å². The number of hydrogen-bond acceptors (Lipinski definition) is 2.